The van der Waals surface area contributed by atoms with Crippen molar-refractivity contribution in [1.82, 2.24) is 0 Å². The fraction of sp³-hybridized carbons (Fsp3) is 0.333. The van der Waals surface area contributed by atoms with E-state index in [4.69, 9.17) is 0 Å². The van der Waals surface area contributed by atoms with Crippen LogP contribution in [0.2, 0.25) is 0 Å². The second-order valence-electron chi connectivity index (χ2n) is 3.23. The predicted molar refractivity (Wildman–Crippen MR) is 70.5 cm³/mol. The minimum atomic E-state index is -3.56. The molecule has 0 fully saturated rings. The molecule has 1 aromatic carbocycles. The molecule has 0 bridgehead atoms. The predicted octanol–water partition coefficient (Wildman–Crippen LogP) is 1.57. The molecule has 0 saturated heterocycles. The van der Waals surface area contributed by atoms with E-state index in [2.05, 4.69) is 20.7 Å². The van der Waals surface area contributed by atoms with Gasteiger partial charge in [-0.25, -0.2) is 16.8 Å². The lowest BCUT2D eigenvalue weighted by molar-refractivity contribution is 0.597. The van der Waals surface area contributed by atoms with Crippen molar-refractivity contribution in [3.63, 3.8) is 0 Å². The van der Waals surface area contributed by atoms with Gasteiger partial charge in [0.1, 0.15) is 4.66 Å². The van der Waals surface area contributed by atoms with Crippen LogP contribution < -0.4 is 4.72 Å². The van der Waals surface area contributed by atoms with Gasteiger partial charge in [0.2, 0.25) is 10.0 Å². The van der Waals surface area contributed by atoms with Gasteiger partial charge in [-0.1, -0.05) is 35.0 Å². The van der Waals surface area contributed by atoms with Gasteiger partial charge in [0.05, 0.1) is 16.3 Å². The first kappa shape index (κ1) is 14.5. The maximum absolute atomic E-state index is 11.7. The number of sulfone groups is 1. The summed E-state index contributed by atoms with van der Waals surface area (Å²) < 4.78 is 48.2. The van der Waals surface area contributed by atoms with Crippen LogP contribution in [0.15, 0.2) is 29.2 Å². The van der Waals surface area contributed by atoms with E-state index >= 15 is 0 Å². The zero-order chi connectivity index (χ0) is 13.1. The van der Waals surface area contributed by atoms with Gasteiger partial charge in [-0.3, -0.25) is 4.72 Å². The monoisotopic (exact) mass is 341 g/mol. The molecule has 1 rings (SSSR count). The highest BCUT2D eigenvalue weighted by Gasteiger charge is 2.18. The first-order valence-electron chi connectivity index (χ1n) is 4.70. The molecule has 0 unspecified atom stereocenters. The number of alkyl halides is 1. The van der Waals surface area contributed by atoms with Crippen molar-refractivity contribution in [2.45, 2.75) is 11.8 Å². The van der Waals surface area contributed by atoms with Crippen LogP contribution in [-0.4, -0.2) is 27.3 Å². The van der Waals surface area contributed by atoms with Crippen molar-refractivity contribution in [2.75, 3.05) is 15.1 Å². The molecule has 17 heavy (non-hydrogen) atoms. The molecule has 96 valence electrons. The van der Waals surface area contributed by atoms with Crippen LogP contribution in [0.25, 0.3) is 0 Å². The van der Waals surface area contributed by atoms with Gasteiger partial charge in [0.15, 0.2) is 9.84 Å². The highest BCUT2D eigenvalue weighted by atomic mass is 79.9. The van der Waals surface area contributed by atoms with Gasteiger partial charge in [-0.2, -0.15) is 0 Å². The SMILES string of the molecule is CCS(=O)(=O)c1ccccc1NS(=O)(=O)CBr. The molecule has 0 aliphatic rings. The first-order chi connectivity index (χ1) is 7.82. The molecule has 0 aromatic heterocycles. The lowest BCUT2D eigenvalue weighted by Gasteiger charge is -2.10. The molecular weight excluding hydrogens is 330 g/mol. The third-order valence-corrected chi connectivity index (χ3v) is 6.42. The summed E-state index contributed by atoms with van der Waals surface area (Å²) in [5.74, 6) is -0.0833. The Bertz CT molecular complexity index is 595. The highest BCUT2D eigenvalue weighted by molar-refractivity contribution is 9.10. The van der Waals surface area contributed by atoms with Gasteiger partial charge in [0, 0.05) is 0 Å². The number of hydrogen-bond donors (Lipinski definition) is 1. The number of halogens is 1. The average Bonchev–Trinajstić information content (AvgIpc) is 2.29. The van der Waals surface area contributed by atoms with E-state index in [0.29, 0.717) is 0 Å². The Labute approximate surface area is 109 Å². The minimum absolute atomic E-state index is 0.00738. The molecule has 0 radical (unpaired) electrons. The van der Waals surface area contributed by atoms with Crippen LogP contribution in [0, 0.1) is 0 Å². The summed E-state index contributed by atoms with van der Waals surface area (Å²) in [6.07, 6.45) is 0. The summed E-state index contributed by atoms with van der Waals surface area (Å²) in [5.41, 5.74) is 0.0776. The van der Waals surface area contributed by atoms with Crippen molar-refractivity contribution in [1.29, 1.82) is 0 Å². The summed E-state index contributed by atoms with van der Waals surface area (Å²) in [4.78, 5) is -0.00738. The first-order valence-corrected chi connectivity index (χ1v) is 9.13. The second-order valence-corrected chi connectivity index (χ2v) is 8.50. The van der Waals surface area contributed by atoms with Crippen LogP contribution in [0.3, 0.4) is 0 Å². The molecule has 8 heteroatoms. The van der Waals surface area contributed by atoms with E-state index in [-0.39, 0.29) is 21.0 Å². The smallest absolute Gasteiger partial charge is 0.242 e. The zero-order valence-electron chi connectivity index (χ0n) is 9.05. The molecule has 0 spiro atoms. The van der Waals surface area contributed by atoms with Gasteiger partial charge < -0.3 is 0 Å². The fourth-order valence-corrected chi connectivity index (χ4v) is 3.20. The molecule has 0 atom stereocenters. The third kappa shape index (κ3) is 3.68. The highest BCUT2D eigenvalue weighted by Crippen LogP contribution is 2.23. The standard InChI is InChI=1S/C9H12BrNO4S2/c1-2-16(12,13)9-6-4-3-5-8(9)11-17(14,15)7-10/h3-6,11H,2,7H2,1H3. The van der Waals surface area contributed by atoms with Crippen LogP contribution in [0.5, 0.6) is 0 Å². The molecule has 1 N–H and O–H groups in total. The Kier molecular flexibility index (Phi) is 4.56. The fourth-order valence-electron chi connectivity index (χ4n) is 1.17. The lowest BCUT2D eigenvalue weighted by Crippen LogP contribution is -2.16. The number of hydrogen-bond acceptors (Lipinski definition) is 4. The molecule has 5 nitrogen and oxygen atoms in total. The summed E-state index contributed by atoms with van der Waals surface area (Å²) in [5, 5.41) is 0. The quantitative estimate of drug-likeness (QED) is 0.824. The summed E-state index contributed by atoms with van der Waals surface area (Å²) in [6.45, 7) is 1.51. The van der Waals surface area contributed by atoms with E-state index in [1.54, 1.807) is 12.1 Å². The van der Waals surface area contributed by atoms with Crippen LogP contribution >= 0.6 is 15.9 Å². The average molecular weight is 342 g/mol. The molecule has 0 heterocycles. The van der Waals surface area contributed by atoms with E-state index in [1.807, 2.05) is 0 Å². The molecule has 0 aliphatic carbocycles. The second kappa shape index (κ2) is 5.36. The van der Waals surface area contributed by atoms with Gasteiger partial charge in [-0.15, -0.1) is 0 Å². The molecular formula is C9H12BrNO4S2. The zero-order valence-corrected chi connectivity index (χ0v) is 12.3. The lowest BCUT2D eigenvalue weighted by atomic mass is 10.3. The van der Waals surface area contributed by atoms with Crippen LogP contribution in [0.4, 0.5) is 5.69 Å². The normalized spacial score (nSPS) is 12.4. The molecule has 1 aromatic rings. The van der Waals surface area contributed by atoms with Crippen molar-refractivity contribution >= 4 is 41.5 Å². The van der Waals surface area contributed by atoms with Crippen molar-refractivity contribution in [3.05, 3.63) is 24.3 Å². The topological polar surface area (TPSA) is 80.3 Å². The van der Waals surface area contributed by atoms with E-state index < -0.39 is 19.9 Å². The van der Waals surface area contributed by atoms with Crippen molar-refractivity contribution < 1.29 is 16.8 Å². The maximum Gasteiger partial charge on any atom is 0.242 e. The Morgan fingerprint density at radius 1 is 1.18 bits per heavy atom. The summed E-state index contributed by atoms with van der Waals surface area (Å²) in [6, 6.07) is 5.92. The van der Waals surface area contributed by atoms with E-state index in [0.717, 1.165) is 0 Å². The Morgan fingerprint density at radius 2 is 1.76 bits per heavy atom. The largest absolute Gasteiger partial charge is 0.282 e. The van der Waals surface area contributed by atoms with Crippen LogP contribution in [0.1, 0.15) is 6.92 Å². The van der Waals surface area contributed by atoms with Gasteiger partial charge in [-0.05, 0) is 12.1 Å². The molecule has 0 aliphatic heterocycles. The summed E-state index contributed by atoms with van der Waals surface area (Å²) >= 11 is 2.82. The van der Waals surface area contributed by atoms with E-state index in [1.165, 1.54) is 19.1 Å². The van der Waals surface area contributed by atoms with E-state index in [9.17, 15) is 16.8 Å². The maximum atomic E-state index is 11.7. The number of sulfonamides is 1. The number of nitrogens with one attached hydrogen (secondary N) is 1. The number of rotatable bonds is 5. The minimum Gasteiger partial charge on any atom is -0.282 e. The van der Waals surface area contributed by atoms with Crippen molar-refractivity contribution in [2.24, 2.45) is 0 Å². The van der Waals surface area contributed by atoms with Gasteiger partial charge >= 0.3 is 0 Å². The third-order valence-electron chi connectivity index (χ3n) is 2.01. The Morgan fingerprint density at radius 3 is 2.29 bits per heavy atom. The molecule has 0 amide bonds. The van der Waals surface area contributed by atoms with Gasteiger partial charge in [0.25, 0.3) is 0 Å². The van der Waals surface area contributed by atoms with Crippen LogP contribution in [-0.2, 0) is 19.9 Å². The molecule has 0 saturated carbocycles. The number of para-hydroxylation sites is 1. The number of anilines is 1. The summed E-state index contributed by atoms with van der Waals surface area (Å²) in [7, 11) is -7.01. The Balaban J connectivity index is 3.28. The van der Waals surface area contributed by atoms with Crippen molar-refractivity contribution in [3.8, 4) is 0 Å². The Hall–Kier alpha value is -0.600. The number of benzene rings is 1.